The molecule has 0 unspecified atom stereocenters. The zero-order valence-corrected chi connectivity index (χ0v) is 24.2. The van der Waals surface area contributed by atoms with E-state index in [0.717, 1.165) is 30.6 Å². The first-order chi connectivity index (χ1) is 18.4. The van der Waals surface area contributed by atoms with Crippen molar-refractivity contribution in [2.24, 2.45) is 5.41 Å². The third kappa shape index (κ3) is 5.51. The second kappa shape index (κ2) is 10.4. The molecule has 1 aromatic carbocycles. The number of carbonyl (C=O) groups is 1. The second-order valence-corrected chi connectivity index (χ2v) is 14.1. The molecule has 3 aromatic rings. The van der Waals surface area contributed by atoms with Gasteiger partial charge in [-0.2, -0.15) is 0 Å². The smallest absolute Gasteiger partial charge is 0.255 e. The standard InChI is InChI=1S/C28H34ClFN4O4S/c1-28(2,3)17-39(36,37)22-12-21-14-31-25(9-10-38-4)34(21)26(13-22)33-19-6-7-20(33)16-32(15-19)27(35)23-8-5-18(30)11-24(23)29/h5,8,11-14,19-20H,6-7,9-10,15-17H2,1-4H3/t19-,20+. The van der Waals surface area contributed by atoms with Gasteiger partial charge >= 0.3 is 0 Å². The highest BCUT2D eigenvalue weighted by atomic mass is 35.5. The number of aromatic nitrogens is 2. The lowest BCUT2D eigenvalue weighted by Crippen LogP contribution is -2.56. The van der Waals surface area contributed by atoms with Crippen molar-refractivity contribution in [2.45, 2.75) is 57.0 Å². The SMILES string of the molecule is COCCc1ncc2cc(S(=O)(=O)CC(C)(C)C)cc(N3[C@@H]4CC[C@H]3CN(C(=O)c3ccc(F)cc3Cl)C4)n12. The highest BCUT2D eigenvalue weighted by Gasteiger charge is 2.43. The van der Waals surface area contributed by atoms with Crippen LogP contribution in [0.25, 0.3) is 5.52 Å². The van der Waals surface area contributed by atoms with Gasteiger partial charge in [0.2, 0.25) is 0 Å². The second-order valence-electron chi connectivity index (χ2n) is 11.7. The Hall–Kier alpha value is -2.69. The fourth-order valence-corrected chi connectivity index (χ4v) is 7.96. The Balaban J connectivity index is 1.54. The van der Waals surface area contributed by atoms with E-state index in [-0.39, 0.29) is 39.2 Å². The van der Waals surface area contributed by atoms with Crippen molar-refractivity contribution < 1.29 is 22.3 Å². The Bertz CT molecular complexity index is 1500. The molecule has 2 bridgehead atoms. The number of likely N-dealkylation sites (tertiary alicyclic amines) is 1. The normalized spacial score (nSPS) is 19.7. The van der Waals surface area contributed by atoms with Crippen LogP contribution in [-0.4, -0.2) is 73.3 Å². The monoisotopic (exact) mass is 576 g/mol. The highest BCUT2D eigenvalue weighted by molar-refractivity contribution is 7.91. The molecule has 4 heterocycles. The number of nitrogens with zero attached hydrogens (tertiary/aromatic N) is 4. The molecule has 39 heavy (non-hydrogen) atoms. The van der Waals surface area contributed by atoms with E-state index in [9.17, 15) is 17.6 Å². The minimum atomic E-state index is -3.56. The van der Waals surface area contributed by atoms with Crippen LogP contribution in [0.4, 0.5) is 10.2 Å². The molecule has 0 saturated carbocycles. The van der Waals surface area contributed by atoms with E-state index in [1.807, 2.05) is 25.2 Å². The van der Waals surface area contributed by atoms with Crippen molar-refractivity contribution >= 4 is 38.7 Å². The van der Waals surface area contributed by atoms with Crippen LogP contribution in [0, 0.1) is 11.2 Å². The Kier molecular flexibility index (Phi) is 7.41. The summed E-state index contributed by atoms with van der Waals surface area (Å²) in [5.41, 5.74) is 0.587. The number of halogens is 2. The van der Waals surface area contributed by atoms with Gasteiger partial charge in [-0.05, 0) is 48.6 Å². The lowest BCUT2D eigenvalue weighted by Gasteiger charge is -2.43. The van der Waals surface area contributed by atoms with Gasteiger partial charge in [0.1, 0.15) is 17.5 Å². The van der Waals surface area contributed by atoms with Crippen molar-refractivity contribution in [3.05, 3.63) is 58.8 Å². The number of sulfone groups is 1. The molecule has 0 radical (unpaired) electrons. The van der Waals surface area contributed by atoms with Crippen LogP contribution in [0.3, 0.4) is 0 Å². The molecule has 0 aliphatic carbocycles. The number of imidazole rings is 1. The lowest BCUT2D eigenvalue weighted by atomic mass is 10.0. The molecule has 2 aliphatic heterocycles. The average molecular weight is 577 g/mol. The lowest BCUT2D eigenvalue weighted by molar-refractivity contribution is 0.0717. The summed E-state index contributed by atoms with van der Waals surface area (Å²) in [5, 5.41) is 0.0921. The Morgan fingerprint density at radius 2 is 1.85 bits per heavy atom. The fraction of sp³-hybridized carbons (Fsp3) is 0.500. The quantitative estimate of drug-likeness (QED) is 0.408. The number of carbonyl (C=O) groups excluding carboxylic acids is 1. The minimum absolute atomic E-state index is 0.0200. The van der Waals surface area contributed by atoms with Crippen molar-refractivity contribution in [3.63, 3.8) is 0 Å². The van der Waals surface area contributed by atoms with E-state index >= 15 is 0 Å². The number of anilines is 1. The minimum Gasteiger partial charge on any atom is -0.384 e. The van der Waals surface area contributed by atoms with E-state index in [1.165, 1.54) is 12.1 Å². The maximum absolute atomic E-state index is 13.6. The molecule has 2 aromatic heterocycles. The van der Waals surface area contributed by atoms with Gasteiger partial charge in [0.15, 0.2) is 9.84 Å². The number of ether oxygens (including phenoxy) is 1. The molecule has 2 fully saturated rings. The number of amides is 1. The van der Waals surface area contributed by atoms with Crippen molar-refractivity contribution in [3.8, 4) is 0 Å². The van der Waals surface area contributed by atoms with Gasteiger partial charge in [0, 0.05) is 38.7 Å². The first-order valence-electron chi connectivity index (χ1n) is 13.1. The predicted molar refractivity (Wildman–Crippen MR) is 149 cm³/mol. The van der Waals surface area contributed by atoms with Crippen LogP contribution in [0.5, 0.6) is 0 Å². The summed E-state index contributed by atoms with van der Waals surface area (Å²) in [7, 11) is -1.93. The molecule has 2 aliphatic rings. The third-order valence-corrected chi connectivity index (χ3v) is 9.87. The number of rotatable bonds is 7. The topological polar surface area (TPSA) is 84.2 Å². The summed E-state index contributed by atoms with van der Waals surface area (Å²) in [6, 6.07) is 7.25. The maximum atomic E-state index is 13.6. The summed E-state index contributed by atoms with van der Waals surface area (Å²) in [4.78, 5) is 22.3. The molecule has 5 rings (SSSR count). The molecule has 11 heteroatoms. The van der Waals surface area contributed by atoms with Crippen molar-refractivity contribution in [1.82, 2.24) is 14.3 Å². The average Bonchev–Trinajstić information content (AvgIpc) is 3.37. The number of methoxy groups -OCH3 is 1. The van der Waals surface area contributed by atoms with Crippen LogP contribution in [-0.2, 0) is 21.0 Å². The zero-order valence-electron chi connectivity index (χ0n) is 22.7. The predicted octanol–water partition coefficient (Wildman–Crippen LogP) is 4.63. The summed E-state index contributed by atoms with van der Waals surface area (Å²) in [6.07, 6.45) is 3.99. The van der Waals surface area contributed by atoms with Gasteiger partial charge < -0.3 is 14.5 Å². The molecule has 210 valence electrons. The van der Waals surface area contributed by atoms with E-state index in [4.69, 9.17) is 16.3 Å². The number of pyridine rings is 1. The van der Waals surface area contributed by atoms with Gasteiger partial charge in [-0.25, -0.2) is 17.8 Å². The Morgan fingerprint density at radius 1 is 1.15 bits per heavy atom. The molecule has 2 saturated heterocycles. The van der Waals surface area contributed by atoms with Gasteiger partial charge in [-0.1, -0.05) is 32.4 Å². The molecule has 2 atom stereocenters. The molecule has 0 N–H and O–H groups in total. The highest BCUT2D eigenvalue weighted by Crippen LogP contribution is 2.38. The molecule has 0 spiro atoms. The summed E-state index contributed by atoms with van der Waals surface area (Å²) in [6.45, 7) is 7.12. The van der Waals surface area contributed by atoms with Crippen LogP contribution in [0.15, 0.2) is 41.4 Å². The molecule has 1 amide bonds. The van der Waals surface area contributed by atoms with E-state index in [2.05, 4.69) is 9.88 Å². The van der Waals surface area contributed by atoms with E-state index in [0.29, 0.717) is 31.6 Å². The molecular formula is C28H34ClFN4O4S. The molecular weight excluding hydrogens is 543 g/mol. The number of hydrogen-bond acceptors (Lipinski definition) is 6. The fourth-order valence-electron chi connectivity index (χ4n) is 5.82. The summed E-state index contributed by atoms with van der Waals surface area (Å²) < 4.78 is 47.8. The number of piperazine rings is 1. The third-order valence-electron chi connectivity index (χ3n) is 7.36. The maximum Gasteiger partial charge on any atom is 0.255 e. The van der Waals surface area contributed by atoms with E-state index < -0.39 is 21.1 Å². The van der Waals surface area contributed by atoms with Crippen LogP contribution in [0.1, 0.15) is 49.8 Å². The zero-order chi connectivity index (χ0) is 28.1. The van der Waals surface area contributed by atoms with Crippen LogP contribution in [0.2, 0.25) is 5.02 Å². The first-order valence-corrected chi connectivity index (χ1v) is 15.2. The van der Waals surface area contributed by atoms with Crippen molar-refractivity contribution in [2.75, 3.05) is 37.5 Å². The number of fused-ring (bicyclic) bond motifs is 3. The Morgan fingerprint density at radius 3 is 2.46 bits per heavy atom. The van der Waals surface area contributed by atoms with Gasteiger partial charge in [0.05, 0.1) is 39.6 Å². The first kappa shape index (κ1) is 27.9. The largest absolute Gasteiger partial charge is 0.384 e. The van der Waals surface area contributed by atoms with Gasteiger partial charge in [0.25, 0.3) is 5.91 Å². The van der Waals surface area contributed by atoms with E-state index in [1.54, 1.807) is 30.3 Å². The molecule has 8 nitrogen and oxygen atoms in total. The number of benzene rings is 1. The Labute approximate surface area is 233 Å². The summed E-state index contributed by atoms with van der Waals surface area (Å²) >= 11 is 6.20. The van der Waals surface area contributed by atoms with Crippen LogP contribution >= 0.6 is 11.6 Å². The van der Waals surface area contributed by atoms with Gasteiger partial charge in [-0.3, -0.25) is 9.20 Å². The van der Waals surface area contributed by atoms with Crippen LogP contribution < -0.4 is 4.90 Å². The number of hydrogen-bond donors (Lipinski definition) is 0. The van der Waals surface area contributed by atoms with Crippen molar-refractivity contribution in [1.29, 1.82) is 0 Å². The van der Waals surface area contributed by atoms with Gasteiger partial charge in [-0.15, -0.1) is 0 Å². The summed E-state index contributed by atoms with van der Waals surface area (Å²) in [5.74, 6) is 0.858.